The zero-order valence-electron chi connectivity index (χ0n) is 18.9. The molecule has 2 aromatic rings. The fourth-order valence-electron chi connectivity index (χ4n) is 3.96. The molecular formula is C24H27ClN4O3S. The van der Waals surface area contributed by atoms with E-state index in [2.05, 4.69) is 12.2 Å². The average Bonchev–Trinajstić information content (AvgIpc) is 3.17. The molecule has 7 nitrogen and oxygen atoms in total. The van der Waals surface area contributed by atoms with Crippen LogP contribution in [0.5, 0.6) is 11.5 Å². The number of hydrogen-bond acceptors (Lipinski definition) is 6. The van der Waals surface area contributed by atoms with E-state index < -0.39 is 5.66 Å². The number of aliphatic imine (C=N–C) groups is 2. The lowest BCUT2D eigenvalue weighted by Crippen LogP contribution is -2.46. The van der Waals surface area contributed by atoms with Gasteiger partial charge in [0, 0.05) is 36.5 Å². The van der Waals surface area contributed by atoms with Crippen molar-refractivity contribution in [2.24, 2.45) is 9.98 Å². The van der Waals surface area contributed by atoms with Gasteiger partial charge >= 0.3 is 6.03 Å². The van der Waals surface area contributed by atoms with Crippen LogP contribution in [0.4, 0.5) is 10.5 Å². The number of piperidine rings is 1. The molecule has 0 bridgehead atoms. The highest BCUT2D eigenvalue weighted by Crippen LogP contribution is 2.36. The van der Waals surface area contributed by atoms with Crippen LogP contribution in [-0.2, 0) is 0 Å². The number of nitrogens with one attached hydrogen (secondary N) is 1. The van der Waals surface area contributed by atoms with Crippen molar-refractivity contribution in [3.8, 4) is 11.5 Å². The summed E-state index contributed by atoms with van der Waals surface area (Å²) in [5.74, 6) is 2.29. The van der Waals surface area contributed by atoms with Gasteiger partial charge in [0.1, 0.15) is 16.5 Å². The first kappa shape index (κ1) is 23.4. The molecule has 0 unspecified atom stereocenters. The van der Waals surface area contributed by atoms with Crippen molar-refractivity contribution in [3.05, 3.63) is 53.1 Å². The number of methoxy groups -OCH3 is 2. The van der Waals surface area contributed by atoms with E-state index in [-0.39, 0.29) is 6.03 Å². The topological polar surface area (TPSA) is 75.5 Å². The highest BCUT2D eigenvalue weighted by atomic mass is 35.5. The Morgan fingerprint density at radius 1 is 1.12 bits per heavy atom. The van der Waals surface area contributed by atoms with Gasteiger partial charge in [-0.15, -0.1) is 11.8 Å². The maximum Gasteiger partial charge on any atom is 0.321 e. The van der Waals surface area contributed by atoms with Crippen LogP contribution in [0.15, 0.2) is 52.4 Å². The number of hydrogen-bond donors (Lipinski definition) is 1. The van der Waals surface area contributed by atoms with Gasteiger partial charge in [0.25, 0.3) is 0 Å². The Morgan fingerprint density at radius 3 is 2.48 bits per heavy atom. The van der Waals surface area contributed by atoms with Crippen molar-refractivity contribution < 1.29 is 14.3 Å². The number of carbonyl (C=O) groups excluding carboxylic acids is 1. The zero-order chi connectivity index (χ0) is 23.4. The molecule has 0 saturated carbocycles. The minimum Gasteiger partial charge on any atom is -0.497 e. The van der Waals surface area contributed by atoms with Crippen LogP contribution in [0, 0.1) is 0 Å². The van der Waals surface area contributed by atoms with Crippen molar-refractivity contribution in [1.82, 2.24) is 4.90 Å². The van der Waals surface area contributed by atoms with E-state index in [1.54, 1.807) is 49.1 Å². The summed E-state index contributed by atoms with van der Waals surface area (Å²) in [6.45, 7) is 3.23. The summed E-state index contributed by atoms with van der Waals surface area (Å²) < 4.78 is 10.6. The first-order valence-electron chi connectivity index (χ1n) is 10.8. The van der Waals surface area contributed by atoms with Crippen molar-refractivity contribution >= 4 is 45.8 Å². The van der Waals surface area contributed by atoms with E-state index in [0.717, 1.165) is 27.8 Å². The lowest BCUT2D eigenvalue weighted by molar-refractivity contribution is 0.175. The number of ether oxygens (including phenoxy) is 2. The van der Waals surface area contributed by atoms with Gasteiger partial charge in [-0.25, -0.2) is 9.79 Å². The molecule has 2 heterocycles. The second kappa shape index (κ2) is 10.1. The van der Waals surface area contributed by atoms with E-state index in [1.165, 1.54) is 0 Å². The molecule has 0 aliphatic carbocycles. The molecule has 0 aromatic heterocycles. The van der Waals surface area contributed by atoms with Crippen LogP contribution >= 0.6 is 23.4 Å². The zero-order valence-corrected chi connectivity index (χ0v) is 20.5. The Labute approximate surface area is 203 Å². The number of anilines is 1. The lowest BCUT2D eigenvalue weighted by Gasteiger charge is -2.35. The van der Waals surface area contributed by atoms with Gasteiger partial charge in [-0.1, -0.05) is 18.5 Å². The number of benzene rings is 2. The quantitative estimate of drug-likeness (QED) is 0.619. The number of rotatable bonds is 5. The summed E-state index contributed by atoms with van der Waals surface area (Å²) in [5, 5.41) is 4.41. The fraction of sp³-hybridized carbons (Fsp3) is 0.375. The van der Waals surface area contributed by atoms with Crippen molar-refractivity contribution in [2.75, 3.05) is 38.4 Å². The third kappa shape index (κ3) is 5.12. The van der Waals surface area contributed by atoms with Crippen molar-refractivity contribution in [2.45, 2.75) is 25.4 Å². The Bertz CT molecular complexity index is 1080. The van der Waals surface area contributed by atoms with E-state index in [0.29, 0.717) is 42.4 Å². The third-order valence-electron chi connectivity index (χ3n) is 5.73. The summed E-state index contributed by atoms with van der Waals surface area (Å²) in [4.78, 5) is 24.8. The molecule has 2 amide bonds. The van der Waals surface area contributed by atoms with Gasteiger partial charge < -0.3 is 19.7 Å². The van der Waals surface area contributed by atoms with E-state index >= 15 is 0 Å². The molecule has 1 saturated heterocycles. The normalized spacial score (nSPS) is 16.9. The van der Waals surface area contributed by atoms with E-state index in [9.17, 15) is 4.79 Å². The van der Waals surface area contributed by atoms with Gasteiger partial charge in [0.05, 0.1) is 25.6 Å². The molecule has 2 aliphatic heterocycles. The second-order valence-corrected chi connectivity index (χ2v) is 9.47. The van der Waals surface area contributed by atoms with Crippen molar-refractivity contribution in [3.63, 3.8) is 0 Å². The van der Waals surface area contributed by atoms with Crippen LogP contribution in [0.2, 0.25) is 5.02 Å². The number of likely N-dealkylation sites (tertiary alicyclic amines) is 1. The molecule has 174 valence electrons. The largest absolute Gasteiger partial charge is 0.497 e. The number of nitrogens with zero attached hydrogens (tertiary/aromatic N) is 3. The minimum atomic E-state index is -0.517. The summed E-state index contributed by atoms with van der Waals surface area (Å²) >= 11 is 7.79. The molecule has 1 spiro atoms. The summed E-state index contributed by atoms with van der Waals surface area (Å²) in [6.07, 6.45) is 1.33. The van der Waals surface area contributed by atoms with Gasteiger partial charge in [-0.05, 0) is 48.2 Å². The predicted octanol–water partition coefficient (Wildman–Crippen LogP) is 5.34. The van der Waals surface area contributed by atoms with Crippen LogP contribution in [0.3, 0.4) is 0 Å². The molecule has 0 atom stereocenters. The predicted molar refractivity (Wildman–Crippen MR) is 136 cm³/mol. The molecule has 1 N–H and O–H groups in total. The van der Waals surface area contributed by atoms with Crippen LogP contribution in [0.1, 0.15) is 25.3 Å². The van der Waals surface area contributed by atoms with Gasteiger partial charge in [0.2, 0.25) is 0 Å². The SMILES string of the molecule is CCSC1=NC2(CCN(C(=O)Nc3cc(Cl)ccc3OC)CC2)N=C1c1ccc(OC)cc1. The van der Waals surface area contributed by atoms with Gasteiger partial charge in [-0.2, -0.15) is 0 Å². The first-order chi connectivity index (χ1) is 16.0. The second-order valence-electron chi connectivity index (χ2n) is 7.78. The molecule has 2 aliphatic rings. The highest BCUT2D eigenvalue weighted by molar-refractivity contribution is 8.15. The summed E-state index contributed by atoms with van der Waals surface area (Å²) in [7, 11) is 3.22. The third-order valence-corrected chi connectivity index (χ3v) is 6.81. The Balaban J connectivity index is 1.48. The molecule has 33 heavy (non-hydrogen) atoms. The molecule has 2 aromatic carbocycles. The monoisotopic (exact) mass is 486 g/mol. The highest BCUT2D eigenvalue weighted by Gasteiger charge is 2.40. The maximum absolute atomic E-state index is 12.9. The lowest BCUT2D eigenvalue weighted by atomic mass is 9.98. The number of amides is 2. The summed E-state index contributed by atoms with van der Waals surface area (Å²) in [6, 6.07) is 12.9. The maximum atomic E-state index is 12.9. The Kier molecular flexibility index (Phi) is 7.14. The minimum absolute atomic E-state index is 0.185. The van der Waals surface area contributed by atoms with E-state index in [4.69, 9.17) is 31.1 Å². The summed E-state index contributed by atoms with van der Waals surface area (Å²) in [5.41, 5.74) is 1.99. The smallest absolute Gasteiger partial charge is 0.321 e. The number of halogens is 1. The molecular weight excluding hydrogens is 460 g/mol. The van der Waals surface area contributed by atoms with Crippen LogP contribution in [-0.4, -0.2) is 60.4 Å². The van der Waals surface area contributed by atoms with Crippen molar-refractivity contribution in [1.29, 1.82) is 0 Å². The standard InChI is InChI=1S/C24H27ClN4O3S/c1-4-33-22-21(16-5-8-18(31-2)9-6-16)27-24(28-22)11-13-29(14-12-24)23(30)26-19-15-17(25)7-10-20(19)32-3/h5-10,15H,4,11-14H2,1-3H3,(H,26,30). The average molecular weight is 487 g/mol. The Hall–Kier alpha value is -2.71. The Morgan fingerprint density at radius 2 is 1.85 bits per heavy atom. The molecule has 9 heteroatoms. The molecule has 0 radical (unpaired) electrons. The number of thioether (sulfide) groups is 1. The molecule has 4 rings (SSSR count). The first-order valence-corrected chi connectivity index (χ1v) is 12.2. The molecule has 1 fully saturated rings. The number of carbonyl (C=O) groups is 1. The number of urea groups is 1. The van der Waals surface area contributed by atoms with Crippen LogP contribution < -0.4 is 14.8 Å². The van der Waals surface area contributed by atoms with Crippen LogP contribution in [0.25, 0.3) is 0 Å². The van der Waals surface area contributed by atoms with Gasteiger partial charge in [0.15, 0.2) is 5.66 Å². The van der Waals surface area contributed by atoms with Gasteiger partial charge in [-0.3, -0.25) is 4.99 Å². The van der Waals surface area contributed by atoms with E-state index in [1.807, 2.05) is 24.3 Å². The fourth-order valence-corrected chi connectivity index (χ4v) is 4.94.